The zero-order chi connectivity index (χ0) is 31.1. The number of nitrogens with zero attached hydrogens (tertiary/aromatic N) is 4. The normalized spacial score (nSPS) is 15.9. The molecule has 0 amide bonds. The number of nitriles is 2. The molecule has 1 N–H and O–H groups in total. The number of Topliss-reactive ketones (excluding diaryl/α,β-unsaturated/α-hetero) is 1. The van der Waals surface area contributed by atoms with Crippen LogP contribution >= 0.6 is 0 Å². The molecule has 0 unspecified atom stereocenters. The van der Waals surface area contributed by atoms with E-state index >= 15 is 0 Å². The van der Waals surface area contributed by atoms with Crippen LogP contribution in [-0.4, -0.2) is 56.3 Å². The minimum atomic E-state index is -0.226. The molecule has 218 valence electrons. The van der Waals surface area contributed by atoms with Crippen LogP contribution in [0.4, 0.5) is 5.69 Å². The highest BCUT2D eigenvalue weighted by molar-refractivity contribution is 6.28. The van der Waals surface area contributed by atoms with Crippen molar-refractivity contribution in [2.24, 2.45) is 0 Å². The number of hydrogen-bond donors (Lipinski definition) is 1. The lowest BCUT2D eigenvalue weighted by atomic mass is 9.91. The number of fused-ring (bicyclic) bond motifs is 1. The summed E-state index contributed by atoms with van der Waals surface area (Å²) in [5.41, 5.74) is 6.89. The third kappa shape index (κ3) is 6.16. The van der Waals surface area contributed by atoms with Crippen molar-refractivity contribution in [2.75, 3.05) is 45.4 Å². The van der Waals surface area contributed by atoms with E-state index in [9.17, 15) is 20.4 Å². The van der Waals surface area contributed by atoms with Crippen molar-refractivity contribution in [1.82, 2.24) is 4.90 Å². The van der Waals surface area contributed by atoms with Gasteiger partial charge in [0, 0.05) is 54.4 Å². The van der Waals surface area contributed by atoms with E-state index in [1.54, 1.807) is 24.3 Å². The Hall–Kier alpha value is -5.47. The van der Waals surface area contributed by atoms with Crippen LogP contribution in [0.25, 0.3) is 17.3 Å². The molecule has 7 heteroatoms. The summed E-state index contributed by atoms with van der Waals surface area (Å²) in [6.45, 7) is 1.01. The van der Waals surface area contributed by atoms with Gasteiger partial charge >= 0.3 is 0 Å². The van der Waals surface area contributed by atoms with Crippen LogP contribution in [0.5, 0.6) is 0 Å². The van der Waals surface area contributed by atoms with Gasteiger partial charge < -0.3 is 19.6 Å². The number of rotatable bonds is 9. The molecule has 44 heavy (non-hydrogen) atoms. The number of hydrogen-bond acceptors (Lipinski definition) is 7. The first-order valence-corrected chi connectivity index (χ1v) is 14.3. The molecule has 1 aliphatic carbocycles. The Morgan fingerprint density at radius 3 is 2.23 bits per heavy atom. The number of ether oxygens (including phenoxy) is 1. The number of anilines is 1. The van der Waals surface area contributed by atoms with E-state index in [0.29, 0.717) is 41.0 Å². The lowest BCUT2D eigenvalue weighted by Crippen LogP contribution is -2.28. The number of carbonyl (C=O) groups is 1. The highest BCUT2D eigenvalue weighted by Crippen LogP contribution is 2.43. The molecule has 3 aromatic carbocycles. The van der Waals surface area contributed by atoms with Crippen LogP contribution in [0.15, 0.2) is 120 Å². The Balaban J connectivity index is 1.72. The fourth-order valence-electron chi connectivity index (χ4n) is 5.36. The molecule has 0 spiro atoms. The lowest BCUT2D eigenvalue weighted by molar-refractivity contribution is 0.0865. The Bertz CT molecular complexity index is 1780. The van der Waals surface area contributed by atoms with E-state index in [1.807, 2.05) is 97.9 Å². The van der Waals surface area contributed by atoms with E-state index < -0.39 is 0 Å². The molecule has 5 rings (SSSR count). The van der Waals surface area contributed by atoms with Crippen molar-refractivity contribution in [3.63, 3.8) is 0 Å². The largest absolute Gasteiger partial charge is 0.394 e. The average Bonchev–Trinajstić information content (AvgIpc) is 3.35. The highest BCUT2D eigenvalue weighted by Gasteiger charge is 2.35. The van der Waals surface area contributed by atoms with E-state index in [1.165, 1.54) is 0 Å². The molecule has 1 heterocycles. The van der Waals surface area contributed by atoms with Crippen LogP contribution in [0, 0.1) is 22.7 Å². The SMILES string of the molecule is CN(C)c1ccc(/C=C/C2=CC(=C3\C(=O)c4ccccc4C3=C(C#N)C#N)/C=C(c3ccccc3)N2CCOCCO)cc1. The maximum absolute atomic E-state index is 13.9. The smallest absolute Gasteiger partial charge is 0.194 e. The number of benzene rings is 3. The van der Waals surface area contributed by atoms with Gasteiger partial charge in [0.15, 0.2) is 5.78 Å². The summed E-state index contributed by atoms with van der Waals surface area (Å²) < 4.78 is 5.66. The molecule has 0 bridgehead atoms. The van der Waals surface area contributed by atoms with Crippen LogP contribution in [0.1, 0.15) is 27.0 Å². The van der Waals surface area contributed by atoms with Crippen LogP contribution < -0.4 is 4.90 Å². The molecular weight excluding hydrogens is 548 g/mol. The van der Waals surface area contributed by atoms with Gasteiger partial charge in [-0.25, -0.2) is 0 Å². The fraction of sp³-hybridized carbons (Fsp3) is 0.162. The summed E-state index contributed by atoms with van der Waals surface area (Å²) in [5.74, 6) is -0.226. The van der Waals surface area contributed by atoms with Crippen molar-refractivity contribution in [2.45, 2.75) is 0 Å². The lowest BCUT2D eigenvalue weighted by Gasteiger charge is -2.32. The number of allylic oxidation sites excluding steroid dienone is 7. The summed E-state index contributed by atoms with van der Waals surface area (Å²) in [7, 11) is 3.99. The summed E-state index contributed by atoms with van der Waals surface area (Å²) in [6, 6.07) is 29.2. The standard InChI is InChI=1S/C37H32N4O3/c1-40(2)30-15-12-26(13-16-30)14-17-31-22-28(23-34(27-8-4-3-5-9-27)41(31)18-20-44-21-19-42)36-35(29(24-38)25-39)32-10-6-7-11-33(32)37(36)43/h3-17,22-23,42H,18-21H2,1-2H3/b17-14+,36-28+. The number of aliphatic hydroxyl groups excluding tert-OH is 1. The maximum atomic E-state index is 13.9. The minimum Gasteiger partial charge on any atom is -0.394 e. The Morgan fingerprint density at radius 1 is 0.886 bits per heavy atom. The predicted molar refractivity (Wildman–Crippen MR) is 173 cm³/mol. The molecular formula is C37H32N4O3. The molecule has 3 aromatic rings. The van der Waals surface area contributed by atoms with E-state index in [0.717, 1.165) is 28.2 Å². The molecule has 0 atom stereocenters. The van der Waals surface area contributed by atoms with Gasteiger partial charge in [0.25, 0.3) is 0 Å². The number of aliphatic hydroxyl groups is 1. The molecule has 0 aromatic heterocycles. The van der Waals surface area contributed by atoms with Gasteiger partial charge in [-0.3, -0.25) is 4.79 Å². The third-order valence-electron chi connectivity index (χ3n) is 7.50. The Labute approximate surface area is 257 Å². The number of carbonyl (C=O) groups excluding carboxylic acids is 1. The highest BCUT2D eigenvalue weighted by atomic mass is 16.5. The predicted octanol–water partition coefficient (Wildman–Crippen LogP) is 6.01. The van der Waals surface area contributed by atoms with E-state index in [4.69, 9.17) is 4.74 Å². The Kier molecular flexibility index (Phi) is 9.32. The average molecular weight is 581 g/mol. The monoisotopic (exact) mass is 580 g/mol. The van der Waals surface area contributed by atoms with Crippen LogP contribution in [0.2, 0.25) is 0 Å². The minimum absolute atomic E-state index is 0.0684. The first-order valence-electron chi connectivity index (χ1n) is 14.3. The zero-order valence-corrected chi connectivity index (χ0v) is 24.7. The molecule has 0 saturated heterocycles. The molecule has 1 aliphatic heterocycles. The Morgan fingerprint density at radius 2 is 1.57 bits per heavy atom. The van der Waals surface area contributed by atoms with Crippen molar-refractivity contribution >= 4 is 28.8 Å². The van der Waals surface area contributed by atoms with Crippen LogP contribution in [0.3, 0.4) is 0 Å². The van der Waals surface area contributed by atoms with E-state index in [2.05, 4.69) is 17.0 Å². The zero-order valence-electron chi connectivity index (χ0n) is 24.7. The topological polar surface area (TPSA) is 101 Å². The summed E-state index contributed by atoms with van der Waals surface area (Å²) >= 11 is 0. The van der Waals surface area contributed by atoms with Crippen molar-refractivity contribution < 1.29 is 14.6 Å². The quantitative estimate of drug-likeness (QED) is 0.188. The summed E-state index contributed by atoms with van der Waals surface area (Å²) in [4.78, 5) is 18.1. The first kappa shape index (κ1) is 30.0. The van der Waals surface area contributed by atoms with Gasteiger partial charge in [-0.2, -0.15) is 10.5 Å². The van der Waals surface area contributed by atoms with Gasteiger partial charge in [0.1, 0.15) is 17.7 Å². The van der Waals surface area contributed by atoms with Gasteiger partial charge in [-0.05, 0) is 52.6 Å². The second-order valence-corrected chi connectivity index (χ2v) is 10.5. The second-order valence-electron chi connectivity index (χ2n) is 10.5. The van der Waals surface area contributed by atoms with Gasteiger partial charge in [0.05, 0.1) is 19.8 Å². The second kappa shape index (κ2) is 13.7. The van der Waals surface area contributed by atoms with Gasteiger partial charge in [0.2, 0.25) is 0 Å². The van der Waals surface area contributed by atoms with Gasteiger partial charge in [-0.1, -0.05) is 72.8 Å². The third-order valence-corrected chi connectivity index (χ3v) is 7.50. The first-order chi connectivity index (χ1) is 21.5. The van der Waals surface area contributed by atoms with Crippen molar-refractivity contribution in [3.8, 4) is 12.1 Å². The molecule has 0 saturated carbocycles. The van der Waals surface area contributed by atoms with Crippen LogP contribution in [-0.2, 0) is 4.74 Å². The van der Waals surface area contributed by atoms with Crippen molar-refractivity contribution in [1.29, 1.82) is 10.5 Å². The summed E-state index contributed by atoms with van der Waals surface area (Å²) in [6.07, 6.45) is 7.88. The summed E-state index contributed by atoms with van der Waals surface area (Å²) in [5, 5.41) is 29.0. The van der Waals surface area contributed by atoms with Gasteiger partial charge in [-0.15, -0.1) is 0 Å². The maximum Gasteiger partial charge on any atom is 0.194 e. The molecule has 0 fully saturated rings. The molecule has 0 radical (unpaired) electrons. The fourth-order valence-corrected chi connectivity index (χ4v) is 5.36. The van der Waals surface area contributed by atoms with E-state index in [-0.39, 0.29) is 24.6 Å². The number of ketones is 1. The molecule has 2 aliphatic rings. The molecule has 7 nitrogen and oxygen atoms in total. The van der Waals surface area contributed by atoms with Crippen molar-refractivity contribution in [3.05, 3.63) is 142 Å².